The predicted molar refractivity (Wildman–Crippen MR) is 69.8 cm³/mol. The number of rotatable bonds is 6. The Morgan fingerprint density at radius 2 is 2.18 bits per heavy atom. The Labute approximate surface area is 111 Å². The van der Waals surface area contributed by atoms with Gasteiger partial charge >= 0.3 is 5.97 Å². The Hall–Kier alpha value is -0.580. The van der Waals surface area contributed by atoms with E-state index in [9.17, 15) is 4.79 Å². The van der Waals surface area contributed by atoms with Gasteiger partial charge in [0.2, 0.25) is 0 Å². The lowest BCUT2D eigenvalue weighted by molar-refractivity contribution is -0.155. The van der Waals surface area contributed by atoms with Gasteiger partial charge in [-0.3, -0.25) is 0 Å². The average Bonchev–Trinajstić information content (AvgIpc) is 2.72. The van der Waals surface area contributed by atoms with Crippen molar-refractivity contribution in [2.75, 3.05) is 13.2 Å². The fraction of sp³-hybridized carbons (Fsp3) is 0.583. The van der Waals surface area contributed by atoms with Crippen molar-refractivity contribution in [2.45, 2.75) is 32.8 Å². The van der Waals surface area contributed by atoms with Gasteiger partial charge in [0, 0.05) is 10.8 Å². The van der Waals surface area contributed by atoms with Crippen molar-refractivity contribution >= 4 is 28.9 Å². The fourth-order valence-corrected chi connectivity index (χ4v) is 2.39. The molecule has 2 unspecified atom stereocenters. The summed E-state index contributed by atoms with van der Waals surface area (Å²) in [6.45, 7) is 6.38. The number of halogens is 1. The first-order chi connectivity index (χ1) is 8.04. The van der Waals surface area contributed by atoms with Gasteiger partial charge in [-0.15, -0.1) is 11.3 Å². The molecule has 0 N–H and O–H groups in total. The highest BCUT2D eigenvalue weighted by atomic mass is 35.5. The zero-order chi connectivity index (χ0) is 12.8. The van der Waals surface area contributed by atoms with E-state index in [4.69, 9.17) is 21.1 Å². The maximum Gasteiger partial charge on any atom is 0.334 e. The topological polar surface area (TPSA) is 35.5 Å². The van der Waals surface area contributed by atoms with Crippen molar-refractivity contribution in [3.63, 3.8) is 0 Å². The number of thiophene rings is 1. The van der Waals surface area contributed by atoms with Gasteiger partial charge in [0.25, 0.3) is 0 Å². The highest BCUT2D eigenvalue weighted by molar-refractivity contribution is 7.16. The van der Waals surface area contributed by atoms with Crippen LogP contribution in [0.3, 0.4) is 0 Å². The van der Waals surface area contributed by atoms with E-state index in [2.05, 4.69) is 0 Å². The van der Waals surface area contributed by atoms with Gasteiger partial charge in [0.1, 0.15) is 0 Å². The largest absolute Gasteiger partial charge is 0.464 e. The second kappa shape index (κ2) is 6.99. The molecule has 5 heteroatoms. The molecule has 1 rings (SSSR count). The zero-order valence-electron chi connectivity index (χ0n) is 10.2. The van der Waals surface area contributed by atoms with Gasteiger partial charge in [0.15, 0.2) is 6.10 Å². The van der Waals surface area contributed by atoms with Crippen molar-refractivity contribution in [3.05, 3.63) is 21.3 Å². The van der Waals surface area contributed by atoms with Crippen molar-refractivity contribution < 1.29 is 14.3 Å². The molecule has 17 heavy (non-hydrogen) atoms. The van der Waals surface area contributed by atoms with Crippen LogP contribution in [0.1, 0.15) is 31.6 Å². The molecule has 0 aliphatic carbocycles. The van der Waals surface area contributed by atoms with Crippen LogP contribution < -0.4 is 0 Å². The summed E-state index contributed by atoms with van der Waals surface area (Å²) in [5, 5.41) is 0. The second-order valence-electron chi connectivity index (χ2n) is 3.77. The molecule has 0 saturated carbocycles. The molecule has 1 heterocycles. The molecule has 0 saturated heterocycles. The predicted octanol–water partition coefficient (Wildman–Crippen LogP) is 3.47. The van der Waals surface area contributed by atoms with E-state index >= 15 is 0 Å². The van der Waals surface area contributed by atoms with Crippen LogP contribution in [-0.2, 0) is 14.3 Å². The molecule has 0 aliphatic rings. The molecule has 96 valence electrons. The van der Waals surface area contributed by atoms with Gasteiger partial charge < -0.3 is 9.47 Å². The van der Waals surface area contributed by atoms with Crippen LogP contribution in [0.15, 0.2) is 12.1 Å². The summed E-state index contributed by atoms with van der Waals surface area (Å²) in [4.78, 5) is 12.5. The van der Waals surface area contributed by atoms with E-state index in [0.717, 1.165) is 9.21 Å². The van der Waals surface area contributed by atoms with E-state index in [1.807, 2.05) is 19.1 Å². The molecule has 3 nitrogen and oxygen atoms in total. The quantitative estimate of drug-likeness (QED) is 0.747. The number of hydrogen-bond donors (Lipinski definition) is 0. The second-order valence-corrected chi connectivity index (χ2v) is 5.52. The molecule has 0 spiro atoms. The molecule has 0 aromatic carbocycles. The highest BCUT2D eigenvalue weighted by Gasteiger charge is 2.16. The summed E-state index contributed by atoms with van der Waals surface area (Å²) >= 11 is 7.40. The fourth-order valence-electron chi connectivity index (χ4n) is 1.29. The number of ether oxygens (including phenoxy) is 2. The molecule has 0 fully saturated rings. The summed E-state index contributed by atoms with van der Waals surface area (Å²) in [5.41, 5.74) is 0. The maximum absolute atomic E-state index is 11.3. The van der Waals surface area contributed by atoms with Crippen molar-refractivity contribution in [3.8, 4) is 0 Å². The summed E-state index contributed by atoms with van der Waals surface area (Å²) in [5.74, 6) is -0.0895. The minimum Gasteiger partial charge on any atom is -0.464 e. The van der Waals surface area contributed by atoms with Crippen LogP contribution in [0.25, 0.3) is 0 Å². The van der Waals surface area contributed by atoms with Crippen LogP contribution in [0.5, 0.6) is 0 Å². The van der Waals surface area contributed by atoms with E-state index in [1.54, 1.807) is 13.8 Å². The van der Waals surface area contributed by atoms with Gasteiger partial charge in [-0.2, -0.15) is 0 Å². The Balaban J connectivity index is 2.37. The number of esters is 1. The third kappa shape index (κ3) is 4.66. The molecule has 0 amide bonds. The van der Waals surface area contributed by atoms with E-state index in [1.165, 1.54) is 11.3 Å². The number of carbonyl (C=O) groups is 1. The highest BCUT2D eigenvalue weighted by Crippen LogP contribution is 2.28. The third-order valence-electron chi connectivity index (χ3n) is 2.29. The van der Waals surface area contributed by atoms with Gasteiger partial charge in [0.05, 0.1) is 17.6 Å². The lowest BCUT2D eigenvalue weighted by atomic mass is 10.1. The number of hydrogen-bond acceptors (Lipinski definition) is 4. The van der Waals surface area contributed by atoms with Crippen LogP contribution in [0.2, 0.25) is 4.34 Å². The minimum absolute atomic E-state index is 0.226. The standard InChI is InChI=1S/C12H17ClO3S/c1-4-15-12(14)9(3)16-7-8(2)10-5-6-11(13)17-10/h5-6,8-9H,4,7H2,1-3H3. The molecular weight excluding hydrogens is 260 g/mol. The lowest BCUT2D eigenvalue weighted by Crippen LogP contribution is -2.24. The summed E-state index contributed by atoms with van der Waals surface area (Å²) in [6, 6.07) is 3.85. The van der Waals surface area contributed by atoms with Crippen LogP contribution in [-0.4, -0.2) is 25.3 Å². The van der Waals surface area contributed by atoms with Gasteiger partial charge in [-0.1, -0.05) is 18.5 Å². The summed E-state index contributed by atoms with van der Waals surface area (Å²) in [7, 11) is 0. The first-order valence-electron chi connectivity index (χ1n) is 5.58. The van der Waals surface area contributed by atoms with E-state index in [0.29, 0.717) is 13.2 Å². The smallest absolute Gasteiger partial charge is 0.334 e. The van der Waals surface area contributed by atoms with Gasteiger partial charge in [-0.25, -0.2) is 4.79 Å². The van der Waals surface area contributed by atoms with Crippen LogP contribution >= 0.6 is 22.9 Å². The van der Waals surface area contributed by atoms with Crippen LogP contribution in [0, 0.1) is 0 Å². The zero-order valence-corrected chi connectivity index (χ0v) is 11.8. The lowest BCUT2D eigenvalue weighted by Gasteiger charge is -2.15. The summed E-state index contributed by atoms with van der Waals surface area (Å²) in [6.07, 6.45) is -0.521. The molecule has 0 aliphatic heterocycles. The van der Waals surface area contributed by atoms with Gasteiger partial charge in [-0.05, 0) is 26.0 Å². The van der Waals surface area contributed by atoms with Crippen molar-refractivity contribution in [1.82, 2.24) is 0 Å². The monoisotopic (exact) mass is 276 g/mol. The Kier molecular flexibility index (Phi) is 5.95. The van der Waals surface area contributed by atoms with E-state index in [-0.39, 0.29) is 11.9 Å². The van der Waals surface area contributed by atoms with Crippen molar-refractivity contribution in [1.29, 1.82) is 0 Å². The normalized spacial score (nSPS) is 14.4. The Bertz CT molecular complexity index is 364. The Morgan fingerprint density at radius 3 is 2.71 bits per heavy atom. The minimum atomic E-state index is -0.521. The molecule has 1 aromatic rings. The van der Waals surface area contributed by atoms with Crippen molar-refractivity contribution in [2.24, 2.45) is 0 Å². The van der Waals surface area contributed by atoms with Crippen LogP contribution in [0.4, 0.5) is 0 Å². The third-order valence-corrected chi connectivity index (χ3v) is 3.76. The first-order valence-corrected chi connectivity index (χ1v) is 6.77. The average molecular weight is 277 g/mol. The number of carbonyl (C=O) groups excluding carboxylic acids is 1. The molecule has 0 radical (unpaired) electrons. The Morgan fingerprint density at radius 1 is 1.47 bits per heavy atom. The van der Waals surface area contributed by atoms with E-state index < -0.39 is 6.10 Å². The molecule has 2 atom stereocenters. The first kappa shape index (κ1) is 14.5. The SMILES string of the molecule is CCOC(=O)C(C)OCC(C)c1ccc(Cl)s1. The molecular formula is C12H17ClO3S. The maximum atomic E-state index is 11.3. The molecule has 0 bridgehead atoms. The molecule has 1 aromatic heterocycles. The summed E-state index contributed by atoms with van der Waals surface area (Å²) < 4.78 is 11.1.